The molecule has 1 aromatic heterocycles. The maximum atomic E-state index is 4.39. The number of piperidine rings is 1. The summed E-state index contributed by atoms with van der Waals surface area (Å²) in [5, 5.41) is 3.46. The normalized spacial score (nSPS) is 17.2. The summed E-state index contributed by atoms with van der Waals surface area (Å²) >= 11 is 0. The fourth-order valence-electron chi connectivity index (χ4n) is 2.24. The lowest BCUT2D eigenvalue weighted by atomic mass is 10.1. The highest BCUT2D eigenvalue weighted by molar-refractivity contribution is 5.11. The molecule has 0 radical (unpaired) electrons. The van der Waals surface area contributed by atoms with Crippen LogP contribution >= 0.6 is 0 Å². The van der Waals surface area contributed by atoms with Crippen molar-refractivity contribution in [2.24, 2.45) is 0 Å². The molecule has 0 amide bonds. The standard InChI is InChI=1S/C14H23N3/c1-13-5-6-14(16-11-13)12-15-7-10-17-8-3-2-4-9-17/h5-6,11,15H,2-4,7-10,12H2,1H3. The Labute approximate surface area is 104 Å². The summed E-state index contributed by atoms with van der Waals surface area (Å²) in [7, 11) is 0. The summed E-state index contributed by atoms with van der Waals surface area (Å²) in [5.41, 5.74) is 2.36. The summed E-state index contributed by atoms with van der Waals surface area (Å²) in [5.74, 6) is 0. The molecule has 0 atom stereocenters. The molecule has 1 aliphatic heterocycles. The number of hydrogen-bond acceptors (Lipinski definition) is 3. The van der Waals surface area contributed by atoms with Crippen molar-refractivity contribution in [1.29, 1.82) is 0 Å². The second-order valence-electron chi connectivity index (χ2n) is 4.91. The van der Waals surface area contributed by atoms with Crippen LogP contribution in [0.25, 0.3) is 0 Å². The fraction of sp³-hybridized carbons (Fsp3) is 0.643. The minimum atomic E-state index is 0.883. The van der Waals surface area contributed by atoms with Gasteiger partial charge in [-0.15, -0.1) is 0 Å². The summed E-state index contributed by atoms with van der Waals surface area (Å²) in [6.07, 6.45) is 6.10. The molecule has 1 saturated heterocycles. The molecule has 0 aromatic carbocycles. The highest BCUT2D eigenvalue weighted by Gasteiger charge is 2.08. The monoisotopic (exact) mass is 233 g/mol. The zero-order valence-corrected chi connectivity index (χ0v) is 10.8. The first-order chi connectivity index (χ1) is 8.34. The lowest BCUT2D eigenvalue weighted by Gasteiger charge is -2.26. The zero-order valence-electron chi connectivity index (χ0n) is 10.8. The molecule has 17 heavy (non-hydrogen) atoms. The topological polar surface area (TPSA) is 28.2 Å². The average Bonchev–Trinajstić information content (AvgIpc) is 2.38. The molecule has 0 spiro atoms. The van der Waals surface area contributed by atoms with E-state index >= 15 is 0 Å². The van der Waals surface area contributed by atoms with Gasteiger partial charge in [-0.2, -0.15) is 0 Å². The highest BCUT2D eigenvalue weighted by atomic mass is 15.1. The third-order valence-electron chi connectivity index (χ3n) is 3.33. The zero-order chi connectivity index (χ0) is 11.9. The van der Waals surface area contributed by atoms with Gasteiger partial charge in [0.25, 0.3) is 0 Å². The summed E-state index contributed by atoms with van der Waals surface area (Å²) in [4.78, 5) is 6.94. The molecule has 0 aliphatic carbocycles. The minimum Gasteiger partial charge on any atom is -0.310 e. The van der Waals surface area contributed by atoms with Crippen molar-refractivity contribution in [3.63, 3.8) is 0 Å². The summed E-state index contributed by atoms with van der Waals surface area (Å²) < 4.78 is 0. The molecule has 0 saturated carbocycles. The Morgan fingerprint density at radius 2 is 2.06 bits per heavy atom. The van der Waals surface area contributed by atoms with Gasteiger partial charge >= 0.3 is 0 Å². The van der Waals surface area contributed by atoms with Crippen LogP contribution in [0, 0.1) is 6.92 Å². The molecule has 0 bridgehead atoms. The Hall–Kier alpha value is -0.930. The van der Waals surface area contributed by atoms with Crippen molar-refractivity contribution in [3.8, 4) is 0 Å². The van der Waals surface area contributed by atoms with Crippen molar-refractivity contribution < 1.29 is 0 Å². The molecule has 94 valence electrons. The first-order valence-corrected chi connectivity index (χ1v) is 6.69. The Morgan fingerprint density at radius 1 is 1.24 bits per heavy atom. The lowest BCUT2D eigenvalue weighted by Crippen LogP contribution is -2.35. The molecule has 1 fully saturated rings. The number of hydrogen-bond donors (Lipinski definition) is 1. The molecule has 2 heterocycles. The molecular formula is C14H23N3. The van der Waals surface area contributed by atoms with Gasteiger partial charge in [0, 0.05) is 25.8 Å². The van der Waals surface area contributed by atoms with E-state index in [2.05, 4.69) is 34.3 Å². The predicted molar refractivity (Wildman–Crippen MR) is 71.0 cm³/mol. The van der Waals surface area contributed by atoms with Crippen molar-refractivity contribution >= 4 is 0 Å². The van der Waals surface area contributed by atoms with Crippen LogP contribution in [-0.2, 0) is 6.54 Å². The van der Waals surface area contributed by atoms with Crippen LogP contribution in [0.3, 0.4) is 0 Å². The van der Waals surface area contributed by atoms with Gasteiger partial charge in [0.2, 0.25) is 0 Å². The first-order valence-electron chi connectivity index (χ1n) is 6.69. The van der Waals surface area contributed by atoms with Crippen LogP contribution in [0.1, 0.15) is 30.5 Å². The van der Waals surface area contributed by atoms with E-state index in [0.29, 0.717) is 0 Å². The molecule has 2 rings (SSSR count). The second-order valence-corrected chi connectivity index (χ2v) is 4.91. The SMILES string of the molecule is Cc1ccc(CNCCN2CCCCC2)nc1. The van der Waals surface area contributed by atoms with Gasteiger partial charge in [0.05, 0.1) is 5.69 Å². The van der Waals surface area contributed by atoms with Crippen LogP contribution in [0.15, 0.2) is 18.3 Å². The predicted octanol–water partition coefficient (Wildman–Crippen LogP) is 1.97. The van der Waals surface area contributed by atoms with Gasteiger partial charge in [0.1, 0.15) is 0 Å². The summed E-state index contributed by atoms with van der Waals surface area (Å²) in [6, 6.07) is 4.22. The molecule has 1 N–H and O–H groups in total. The van der Waals surface area contributed by atoms with Crippen molar-refractivity contribution in [2.75, 3.05) is 26.2 Å². The van der Waals surface area contributed by atoms with Crippen LogP contribution in [0.5, 0.6) is 0 Å². The number of aryl methyl sites for hydroxylation is 1. The number of nitrogens with zero attached hydrogens (tertiary/aromatic N) is 2. The maximum Gasteiger partial charge on any atom is 0.0541 e. The maximum absolute atomic E-state index is 4.39. The minimum absolute atomic E-state index is 0.883. The van der Waals surface area contributed by atoms with Crippen molar-refractivity contribution in [1.82, 2.24) is 15.2 Å². The average molecular weight is 233 g/mol. The van der Waals surface area contributed by atoms with Gasteiger partial charge in [-0.1, -0.05) is 12.5 Å². The van der Waals surface area contributed by atoms with E-state index in [1.54, 1.807) is 0 Å². The van der Waals surface area contributed by atoms with E-state index in [4.69, 9.17) is 0 Å². The number of pyridine rings is 1. The van der Waals surface area contributed by atoms with E-state index in [-0.39, 0.29) is 0 Å². The third kappa shape index (κ3) is 4.44. The molecule has 0 unspecified atom stereocenters. The Balaban J connectivity index is 1.60. The quantitative estimate of drug-likeness (QED) is 0.788. The number of rotatable bonds is 5. The first kappa shape index (κ1) is 12.5. The summed E-state index contributed by atoms with van der Waals surface area (Å²) in [6.45, 7) is 7.75. The Bertz CT molecular complexity index is 315. The largest absolute Gasteiger partial charge is 0.310 e. The van der Waals surface area contributed by atoms with Gasteiger partial charge in [-0.25, -0.2) is 0 Å². The van der Waals surface area contributed by atoms with Crippen molar-refractivity contribution in [2.45, 2.75) is 32.7 Å². The van der Waals surface area contributed by atoms with E-state index in [1.165, 1.54) is 44.5 Å². The van der Waals surface area contributed by atoms with Crippen LogP contribution in [0.2, 0.25) is 0 Å². The molecule has 1 aliphatic rings. The molecule has 3 heteroatoms. The fourth-order valence-corrected chi connectivity index (χ4v) is 2.24. The second kappa shape index (κ2) is 6.72. The van der Waals surface area contributed by atoms with E-state index < -0.39 is 0 Å². The van der Waals surface area contributed by atoms with Gasteiger partial charge in [-0.05, 0) is 44.5 Å². The number of likely N-dealkylation sites (tertiary alicyclic amines) is 1. The number of nitrogens with one attached hydrogen (secondary N) is 1. The van der Waals surface area contributed by atoms with E-state index in [1.807, 2.05) is 6.20 Å². The van der Waals surface area contributed by atoms with Crippen LogP contribution < -0.4 is 5.32 Å². The third-order valence-corrected chi connectivity index (χ3v) is 3.33. The smallest absolute Gasteiger partial charge is 0.0541 e. The highest BCUT2D eigenvalue weighted by Crippen LogP contribution is 2.07. The van der Waals surface area contributed by atoms with E-state index in [0.717, 1.165) is 18.8 Å². The molecular weight excluding hydrogens is 210 g/mol. The van der Waals surface area contributed by atoms with Gasteiger partial charge < -0.3 is 10.2 Å². The number of aromatic nitrogens is 1. The van der Waals surface area contributed by atoms with Crippen LogP contribution in [-0.4, -0.2) is 36.1 Å². The molecule has 3 nitrogen and oxygen atoms in total. The Kier molecular flexibility index (Phi) is 4.95. The molecule has 1 aromatic rings. The van der Waals surface area contributed by atoms with Crippen LogP contribution in [0.4, 0.5) is 0 Å². The van der Waals surface area contributed by atoms with E-state index in [9.17, 15) is 0 Å². The van der Waals surface area contributed by atoms with Gasteiger partial charge in [0.15, 0.2) is 0 Å². The Morgan fingerprint density at radius 3 is 2.76 bits per heavy atom. The lowest BCUT2D eigenvalue weighted by molar-refractivity contribution is 0.229. The van der Waals surface area contributed by atoms with Gasteiger partial charge in [-0.3, -0.25) is 4.98 Å². The van der Waals surface area contributed by atoms with Crippen molar-refractivity contribution in [3.05, 3.63) is 29.6 Å².